The second kappa shape index (κ2) is 12.3. The zero-order valence-corrected chi connectivity index (χ0v) is 14.1. The summed E-state index contributed by atoms with van der Waals surface area (Å²) >= 11 is 1.97. The highest BCUT2D eigenvalue weighted by Crippen LogP contribution is 2.13. The van der Waals surface area contributed by atoms with E-state index in [1.165, 1.54) is 50.8 Å². The van der Waals surface area contributed by atoms with E-state index in [0.29, 0.717) is 0 Å². The molecule has 0 amide bonds. The largest absolute Gasteiger partial charge is 0.314 e. The molecule has 1 nitrogen and oxygen atoms in total. The van der Waals surface area contributed by atoms with Crippen LogP contribution in [-0.4, -0.2) is 24.6 Å². The molecule has 0 spiro atoms. The van der Waals surface area contributed by atoms with Gasteiger partial charge >= 0.3 is 0 Å². The van der Waals surface area contributed by atoms with Crippen LogP contribution >= 0.6 is 11.8 Å². The zero-order valence-electron chi connectivity index (χ0n) is 13.3. The van der Waals surface area contributed by atoms with Gasteiger partial charge < -0.3 is 5.32 Å². The summed E-state index contributed by atoms with van der Waals surface area (Å²) in [4.78, 5) is 0. The minimum Gasteiger partial charge on any atom is -0.314 e. The predicted octanol–water partition coefficient (Wildman–Crippen LogP) is 4.96. The molecule has 0 saturated heterocycles. The number of thioether (sulfide) groups is 1. The Morgan fingerprint density at radius 1 is 0.833 bits per heavy atom. The number of rotatable bonds is 12. The Hall–Kier alpha value is 0.310. The van der Waals surface area contributed by atoms with E-state index in [4.69, 9.17) is 0 Å². The average Bonchev–Trinajstić information content (AvgIpc) is 2.26. The van der Waals surface area contributed by atoms with Gasteiger partial charge in [-0.15, -0.1) is 0 Å². The summed E-state index contributed by atoms with van der Waals surface area (Å²) in [5.41, 5.74) is 0. The Labute approximate surface area is 120 Å². The second-order valence-corrected chi connectivity index (χ2v) is 7.30. The Balaban J connectivity index is 3.56. The van der Waals surface area contributed by atoms with E-state index in [9.17, 15) is 0 Å². The fourth-order valence-electron chi connectivity index (χ4n) is 2.43. The molecule has 0 fully saturated rings. The first-order valence-electron chi connectivity index (χ1n) is 7.78. The first-order chi connectivity index (χ1) is 8.56. The summed E-state index contributed by atoms with van der Waals surface area (Å²) in [7, 11) is 0. The van der Waals surface area contributed by atoms with Gasteiger partial charge in [-0.1, -0.05) is 40.5 Å². The minimum absolute atomic E-state index is 0.733. The Kier molecular flexibility index (Phi) is 12.6. The molecule has 0 radical (unpaired) electrons. The van der Waals surface area contributed by atoms with E-state index in [1.54, 1.807) is 0 Å². The summed E-state index contributed by atoms with van der Waals surface area (Å²) in [6, 6.07) is 0.733. The van der Waals surface area contributed by atoms with Crippen LogP contribution in [0.2, 0.25) is 0 Å². The molecule has 0 aliphatic heterocycles. The first-order valence-corrected chi connectivity index (χ1v) is 9.18. The van der Waals surface area contributed by atoms with Gasteiger partial charge in [0.05, 0.1) is 0 Å². The lowest BCUT2D eigenvalue weighted by molar-refractivity contribution is 0.357. The van der Waals surface area contributed by atoms with Crippen molar-refractivity contribution in [2.45, 2.75) is 72.3 Å². The molecule has 0 atom stereocenters. The third-order valence-corrected chi connectivity index (χ3v) is 3.92. The number of hydrogen-bond donors (Lipinski definition) is 1. The van der Waals surface area contributed by atoms with E-state index in [1.807, 2.05) is 11.8 Å². The lowest BCUT2D eigenvalue weighted by Crippen LogP contribution is -2.32. The third kappa shape index (κ3) is 12.8. The van der Waals surface area contributed by atoms with Crippen molar-refractivity contribution in [1.29, 1.82) is 0 Å². The van der Waals surface area contributed by atoms with Crippen molar-refractivity contribution in [3.8, 4) is 0 Å². The van der Waals surface area contributed by atoms with Crippen LogP contribution in [0.3, 0.4) is 0 Å². The Bertz CT molecular complexity index is 158. The van der Waals surface area contributed by atoms with Crippen molar-refractivity contribution < 1.29 is 0 Å². The van der Waals surface area contributed by atoms with Crippen molar-refractivity contribution in [3.63, 3.8) is 0 Å². The number of unbranched alkanes of at least 4 members (excludes halogenated alkanes) is 3. The van der Waals surface area contributed by atoms with E-state index < -0.39 is 0 Å². The normalized spacial score (nSPS) is 12.0. The molecule has 1 N–H and O–H groups in total. The molecular formula is C16H35NS. The van der Waals surface area contributed by atoms with Crippen LogP contribution in [0.1, 0.15) is 66.2 Å². The van der Waals surface area contributed by atoms with Gasteiger partial charge in [0.2, 0.25) is 0 Å². The van der Waals surface area contributed by atoms with Crippen LogP contribution in [0.25, 0.3) is 0 Å². The molecule has 0 rings (SSSR count). The summed E-state index contributed by atoms with van der Waals surface area (Å²) in [6.45, 7) is 10.5. The van der Waals surface area contributed by atoms with Gasteiger partial charge in [-0.25, -0.2) is 0 Å². The number of nitrogens with one attached hydrogen (secondary N) is 1. The Morgan fingerprint density at radius 2 is 1.39 bits per heavy atom. The standard InChI is InChI=1S/C16H35NS/c1-14(2)12-16(13-15(3)4)17-10-8-6-7-9-11-18-5/h14-17H,6-13H2,1-5H3. The molecule has 110 valence electrons. The molecule has 0 aromatic carbocycles. The van der Waals surface area contributed by atoms with Gasteiger partial charge in [0.25, 0.3) is 0 Å². The summed E-state index contributed by atoms with van der Waals surface area (Å²) in [6.07, 6.45) is 10.4. The highest BCUT2D eigenvalue weighted by molar-refractivity contribution is 7.98. The molecule has 0 aromatic rings. The maximum Gasteiger partial charge on any atom is 0.00719 e. The minimum atomic E-state index is 0.733. The van der Waals surface area contributed by atoms with Crippen LogP contribution in [-0.2, 0) is 0 Å². The third-order valence-electron chi connectivity index (χ3n) is 3.22. The van der Waals surface area contributed by atoms with Gasteiger partial charge in [-0.05, 0) is 56.1 Å². The quantitative estimate of drug-likeness (QED) is 0.504. The van der Waals surface area contributed by atoms with Gasteiger partial charge in [0.15, 0.2) is 0 Å². The zero-order chi connectivity index (χ0) is 13.8. The second-order valence-electron chi connectivity index (χ2n) is 6.32. The van der Waals surface area contributed by atoms with Crippen molar-refractivity contribution in [2.75, 3.05) is 18.6 Å². The van der Waals surface area contributed by atoms with Crippen LogP contribution in [0.5, 0.6) is 0 Å². The van der Waals surface area contributed by atoms with Crippen LogP contribution < -0.4 is 5.32 Å². The summed E-state index contributed by atoms with van der Waals surface area (Å²) < 4.78 is 0. The molecule has 0 bridgehead atoms. The molecule has 2 heteroatoms. The topological polar surface area (TPSA) is 12.0 Å². The maximum absolute atomic E-state index is 3.77. The molecular weight excluding hydrogens is 238 g/mol. The number of hydrogen-bond acceptors (Lipinski definition) is 2. The molecule has 0 heterocycles. The van der Waals surface area contributed by atoms with Gasteiger partial charge in [0, 0.05) is 6.04 Å². The molecule has 18 heavy (non-hydrogen) atoms. The highest BCUT2D eigenvalue weighted by atomic mass is 32.2. The molecule has 0 aliphatic rings. The van der Waals surface area contributed by atoms with E-state index in [2.05, 4.69) is 39.3 Å². The van der Waals surface area contributed by atoms with Crippen molar-refractivity contribution in [3.05, 3.63) is 0 Å². The van der Waals surface area contributed by atoms with E-state index in [0.717, 1.165) is 17.9 Å². The summed E-state index contributed by atoms with van der Waals surface area (Å²) in [5.74, 6) is 2.95. The predicted molar refractivity (Wildman–Crippen MR) is 87.6 cm³/mol. The SMILES string of the molecule is CSCCCCCCNC(CC(C)C)CC(C)C. The lowest BCUT2D eigenvalue weighted by atomic mass is 9.95. The molecule has 0 aromatic heterocycles. The first kappa shape index (κ1) is 18.3. The fourth-order valence-corrected chi connectivity index (χ4v) is 2.92. The van der Waals surface area contributed by atoms with Crippen molar-refractivity contribution in [2.24, 2.45) is 11.8 Å². The molecule has 0 saturated carbocycles. The smallest absolute Gasteiger partial charge is 0.00719 e. The average molecular weight is 274 g/mol. The van der Waals surface area contributed by atoms with Crippen molar-refractivity contribution >= 4 is 11.8 Å². The lowest BCUT2D eigenvalue weighted by Gasteiger charge is -2.22. The molecule has 0 aliphatic carbocycles. The summed E-state index contributed by atoms with van der Waals surface area (Å²) in [5, 5.41) is 3.77. The Morgan fingerprint density at radius 3 is 1.89 bits per heavy atom. The van der Waals surface area contributed by atoms with Gasteiger partial charge in [0.1, 0.15) is 0 Å². The van der Waals surface area contributed by atoms with Crippen molar-refractivity contribution in [1.82, 2.24) is 5.32 Å². The highest BCUT2D eigenvalue weighted by Gasteiger charge is 2.11. The van der Waals surface area contributed by atoms with E-state index >= 15 is 0 Å². The van der Waals surface area contributed by atoms with Crippen LogP contribution in [0.15, 0.2) is 0 Å². The maximum atomic E-state index is 3.77. The van der Waals surface area contributed by atoms with Gasteiger partial charge in [-0.2, -0.15) is 11.8 Å². The van der Waals surface area contributed by atoms with Crippen LogP contribution in [0.4, 0.5) is 0 Å². The molecule has 0 unspecified atom stereocenters. The van der Waals surface area contributed by atoms with Gasteiger partial charge in [-0.3, -0.25) is 0 Å². The fraction of sp³-hybridized carbons (Fsp3) is 1.00. The monoisotopic (exact) mass is 273 g/mol. The van der Waals surface area contributed by atoms with Crippen LogP contribution in [0, 0.1) is 11.8 Å². The van der Waals surface area contributed by atoms with E-state index in [-0.39, 0.29) is 0 Å².